The van der Waals surface area contributed by atoms with Crippen LogP contribution in [0, 0.1) is 0 Å². The van der Waals surface area contributed by atoms with Gasteiger partial charge in [0.1, 0.15) is 5.60 Å². The monoisotopic (exact) mass is 334 g/mol. The zero-order valence-electron chi connectivity index (χ0n) is 14.7. The van der Waals surface area contributed by atoms with E-state index in [1.807, 2.05) is 7.05 Å². The van der Waals surface area contributed by atoms with E-state index in [0.29, 0.717) is 19.4 Å². The fourth-order valence-electron chi connectivity index (χ4n) is 1.31. The first-order valence-corrected chi connectivity index (χ1v) is 7.52. The quantitative estimate of drug-likeness (QED) is 0.579. The number of carboxylic acid groups (broad SMARTS) is 2. The van der Waals surface area contributed by atoms with Crippen LogP contribution in [-0.2, 0) is 14.3 Å². The normalized spacial score (nSPS) is 10.3. The summed E-state index contributed by atoms with van der Waals surface area (Å²) in [5.41, 5.74) is -0.516. The van der Waals surface area contributed by atoms with Crippen LogP contribution in [0.3, 0.4) is 0 Å². The maximum atomic E-state index is 11.4. The van der Waals surface area contributed by atoms with Gasteiger partial charge in [0.2, 0.25) is 0 Å². The van der Waals surface area contributed by atoms with E-state index in [-0.39, 0.29) is 12.8 Å². The standard InChI is InChI=1S/C10H19NO4.C5H11NO2/c1-10(2,3)15-9(14)11(4)7-5-6-8(12)13;1-6-4-2-3-5(7)8/h5-7H2,1-4H3,(H,12,13);6H,2-4H2,1H3,(H,7,8). The minimum atomic E-state index is -0.854. The molecule has 1 amide bonds. The molecule has 0 aromatic carbocycles. The van der Waals surface area contributed by atoms with Crippen LogP contribution in [0.1, 0.15) is 46.5 Å². The largest absolute Gasteiger partial charge is 0.481 e. The van der Waals surface area contributed by atoms with Crippen molar-refractivity contribution in [3.63, 3.8) is 0 Å². The average molecular weight is 334 g/mol. The second-order valence-corrected chi connectivity index (χ2v) is 6.00. The van der Waals surface area contributed by atoms with Crippen LogP contribution >= 0.6 is 0 Å². The molecule has 0 saturated heterocycles. The van der Waals surface area contributed by atoms with E-state index in [9.17, 15) is 14.4 Å². The first-order valence-electron chi connectivity index (χ1n) is 7.52. The molecule has 0 rings (SSSR count). The van der Waals surface area contributed by atoms with Gasteiger partial charge in [0.25, 0.3) is 0 Å². The summed E-state index contributed by atoms with van der Waals surface area (Å²) in [6.07, 6.45) is 1.05. The van der Waals surface area contributed by atoms with Gasteiger partial charge in [-0.2, -0.15) is 0 Å². The highest BCUT2D eigenvalue weighted by atomic mass is 16.6. The van der Waals surface area contributed by atoms with Crippen molar-refractivity contribution in [2.45, 2.75) is 52.1 Å². The smallest absolute Gasteiger partial charge is 0.410 e. The summed E-state index contributed by atoms with van der Waals surface area (Å²) in [6.45, 7) is 6.54. The van der Waals surface area contributed by atoms with Gasteiger partial charge in [-0.3, -0.25) is 9.59 Å². The molecule has 0 radical (unpaired) electrons. The molecule has 0 atom stereocenters. The SMILES string of the molecule is CN(CCCC(=O)O)C(=O)OC(C)(C)C.CNCCCC(=O)O. The molecular formula is C15H30N2O6. The number of carbonyl (C=O) groups excluding carboxylic acids is 1. The van der Waals surface area contributed by atoms with Crippen molar-refractivity contribution in [2.75, 3.05) is 27.2 Å². The topological polar surface area (TPSA) is 116 Å². The Bertz CT molecular complexity index is 365. The Balaban J connectivity index is 0. The third-order valence-electron chi connectivity index (χ3n) is 2.41. The number of hydrogen-bond acceptors (Lipinski definition) is 5. The Morgan fingerprint density at radius 3 is 1.91 bits per heavy atom. The number of aliphatic carboxylic acids is 2. The third-order valence-corrected chi connectivity index (χ3v) is 2.41. The molecule has 3 N–H and O–H groups in total. The maximum absolute atomic E-state index is 11.4. The average Bonchev–Trinajstić information content (AvgIpc) is 2.36. The van der Waals surface area contributed by atoms with Crippen LogP contribution in [0.4, 0.5) is 4.79 Å². The summed E-state index contributed by atoms with van der Waals surface area (Å²) in [6, 6.07) is 0. The van der Waals surface area contributed by atoms with Gasteiger partial charge < -0.3 is 25.2 Å². The van der Waals surface area contributed by atoms with Crippen LogP contribution in [0.15, 0.2) is 0 Å². The van der Waals surface area contributed by atoms with Crippen LogP contribution < -0.4 is 5.32 Å². The Labute approximate surface area is 137 Å². The van der Waals surface area contributed by atoms with Gasteiger partial charge in [0, 0.05) is 26.4 Å². The van der Waals surface area contributed by atoms with Gasteiger partial charge in [0.15, 0.2) is 0 Å². The van der Waals surface area contributed by atoms with Crippen LogP contribution in [-0.4, -0.2) is 65.9 Å². The number of ether oxygens (including phenoxy) is 1. The fourth-order valence-corrected chi connectivity index (χ4v) is 1.31. The molecule has 0 aromatic rings. The number of carboxylic acids is 2. The zero-order valence-corrected chi connectivity index (χ0v) is 14.7. The minimum absolute atomic E-state index is 0.0626. The Kier molecular flexibility index (Phi) is 12.9. The summed E-state index contributed by atoms with van der Waals surface area (Å²) in [4.78, 5) is 32.9. The Morgan fingerprint density at radius 1 is 1.04 bits per heavy atom. The number of hydrogen-bond donors (Lipinski definition) is 3. The van der Waals surface area contributed by atoms with Gasteiger partial charge in [-0.25, -0.2) is 4.79 Å². The second-order valence-electron chi connectivity index (χ2n) is 6.00. The van der Waals surface area contributed by atoms with Crippen molar-refractivity contribution in [3.05, 3.63) is 0 Å². The molecule has 0 aliphatic carbocycles. The molecule has 0 heterocycles. The molecule has 0 unspecified atom stereocenters. The lowest BCUT2D eigenvalue weighted by Crippen LogP contribution is -2.34. The van der Waals surface area contributed by atoms with Crippen molar-refractivity contribution in [1.29, 1.82) is 0 Å². The van der Waals surface area contributed by atoms with Crippen molar-refractivity contribution in [2.24, 2.45) is 0 Å². The molecule has 8 heteroatoms. The Morgan fingerprint density at radius 2 is 1.52 bits per heavy atom. The number of rotatable bonds is 8. The van der Waals surface area contributed by atoms with Crippen molar-refractivity contribution in [3.8, 4) is 0 Å². The highest BCUT2D eigenvalue weighted by Gasteiger charge is 2.19. The summed E-state index contributed by atoms with van der Waals surface area (Å²) >= 11 is 0. The summed E-state index contributed by atoms with van der Waals surface area (Å²) in [5, 5.41) is 19.4. The van der Waals surface area contributed by atoms with Crippen molar-refractivity contribution < 1.29 is 29.3 Å². The predicted molar refractivity (Wildman–Crippen MR) is 86.5 cm³/mol. The summed E-state index contributed by atoms with van der Waals surface area (Å²) < 4.78 is 5.10. The highest BCUT2D eigenvalue weighted by Crippen LogP contribution is 2.09. The second kappa shape index (κ2) is 12.7. The zero-order chi connectivity index (χ0) is 18.5. The molecule has 0 aliphatic rings. The number of nitrogens with one attached hydrogen (secondary N) is 1. The van der Waals surface area contributed by atoms with Crippen molar-refractivity contribution >= 4 is 18.0 Å². The lowest BCUT2D eigenvalue weighted by molar-refractivity contribution is -0.138. The molecule has 136 valence electrons. The molecule has 8 nitrogen and oxygen atoms in total. The predicted octanol–water partition coefficient (Wildman–Crippen LogP) is 1.79. The van der Waals surface area contributed by atoms with E-state index in [1.165, 1.54) is 4.90 Å². The highest BCUT2D eigenvalue weighted by molar-refractivity contribution is 5.68. The summed E-state index contributed by atoms with van der Waals surface area (Å²) in [5.74, 6) is -1.58. The minimum Gasteiger partial charge on any atom is -0.481 e. The molecule has 0 fully saturated rings. The van der Waals surface area contributed by atoms with Crippen molar-refractivity contribution in [1.82, 2.24) is 10.2 Å². The lowest BCUT2D eigenvalue weighted by Gasteiger charge is -2.24. The molecule has 0 saturated carbocycles. The van der Waals surface area contributed by atoms with E-state index in [1.54, 1.807) is 27.8 Å². The number of amides is 1. The van der Waals surface area contributed by atoms with E-state index in [4.69, 9.17) is 14.9 Å². The third kappa shape index (κ3) is 20.2. The van der Waals surface area contributed by atoms with Gasteiger partial charge >= 0.3 is 18.0 Å². The number of carbonyl (C=O) groups is 3. The molecular weight excluding hydrogens is 304 g/mol. The number of nitrogens with zero attached hydrogens (tertiary/aromatic N) is 1. The first-order chi connectivity index (χ1) is 10.5. The van der Waals surface area contributed by atoms with E-state index in [0.717, 1.165) is 6.54 Å². The summed E-state index contributed by atoms with van der Waals surface area (Å²) in [7, 11) is 3.40. The fraction of sp³-hybridized carbons (Fsp3) is 0.800. The van der Waals surface area contributed by atoms with Gasteiger partial charge in [0.05, 0.1) is 0 Å². The first kappa shape index (κ1) is 23.4. The molecule has 23 heavy (non-hydrogen) atoms. The molecule has 0 aromatic heterocycles. The lowest BCUT2D eigenvalue weighted by atomic mass is 10.2. The molecule has 0 spiro atoms. The van der Waals surface area contributed by atoms with E-state index >= 15 is 0 Å². The van der Waals surface area contributed by atoms with E-state index < -0.39 is 23.6 Å². The maximum Gasteiger partial charge on any atom is 0.410 e. The Hall–Kier alpha value is -1.83. The van der Waals surface area contributed by atoms with Gasteiger partial charge in [-0.1, -0.05) is 0 Å². The van der Waals surface area contributed by atoms with Crippen LogP contribution in [0.2, 0.25) is 0 Å². The van der Waals surface area contributed by atoms with Crippen LogP contribution in [0.5, 0.6) is 0 Å². The molecule has 0 bridgehead atoms. The van der Waals surface area contributed by atoms with Gasteiger partial charge in [-0.05, 0) is 47.2 Å². The van der Waals surface area contributed by atoms with Gasteiger partial charge in [-0.15, -0.1) is 0 Å². The van der Waals surface area contributed by atoms with Crippen LogP contribution in [0.25, 0.3) is 0 Å². The molecule has 0 aliphatic heterocycles. The van der Waals surface area contributed by atoms with E-state index in [2.05, 4.69) is 5.32 Å².